The largest absolute Gasteiger partial charge is 0.369 e. The number of rotatable bonds is 3. The average Bonchev–Trinajstić information content (AvgIpc) is 2.94. The third-order valence-corrected chi connectivity index (χ3v) is 3.76. The van der Waals surface area contributed by atoms with Crippen molar-refractivity contribution in [3.05, 3.63) is 39.8 Å². The summed E-state index contributed by atoms with van der Waals surface area (Å²) in [6.45, 7) is 0.732. The number of para-hydroxylation sites is 1. The van der Waals surface area contributed by atoms with Gasteiger partial charge in [-0.05, 0) is 12.1 Å². The number of halogens is 1. The van der Waals surface area contributed by atoms with Gasteiger partial charge in [0.05, 0.1) is 27.3 Å². The SMILES string of the molecule is Nc1nc2cccc(Cl)c2n1CCc1cscn1. The number of nitrogens with zero attached hydrogens (tertiary/aromatic N) is 3. The summed E-state index contributed by atoms with van der Waals surface area (Å²) in [5, 5.41) is 2.71. The quantitative estimate of drug-likeness (QED) is 0.801. The highest BCUT2D eigenvalue weighted by Crippen LogP contribution is 2.25. The van der Waals surface area contributed by atoms with Crippen molar-refractivity contribution in [2.75, 3.05) is 5.73 Å². The minimum atomic E-state index is 0.494. The third-order valence-electron chi connectivity index (χ3n) is 2.82. The molecule has 1 aromatic carbocycles. The van der Waals surface area contributed by atoms with Crippen LogP contribution in [0.15, 0.2) is 29.1 Å². The number of fused-ring (bicyclic) bond motifs is 1. The Bertz CT molecular complexity index is 675. The Morgan fingerprint density at radius 3 is 3.06 bits per heavy atom. The summed E-state index contributed by atoms with van der Waals surface area (Å²) in [5.41, 5.74) is 10.6. The summed E-state index contributed by atoms with van der Waals surface area (Å²) in [6, 6.07) is 5.64. The van der Waals surface area contributed by atoms with Gasteiger partial charge in [-0.25, -0.2) is 9.97 Å². The second-order valence-corrected chi connectivity index (χ2v) is 5.08. The minimum absolute atomic E-state index is 0.494. The number of aromatic nitrogens is 3. The van der Waals surface area contributed by atoms with Gasteiger partial charge in [0.1, 0.15) is 0 Å². The second-order valence-electron chi connectivity index (χ2n) is 3.96. The molecule has 92 valence electrons. The van der Waals surface area contributed by atoms with Gasteiger partial charge in [0, 0.05) is 18.3 Å². The molecule has 0 atom stereocenters. The Balaban J connectivity index is 1.98. The zero-order valence-corrected chi connectivity index (χ0v) is 11.1. The molecule has 18 heavy (non-hydrogen) atoms. The third kappa shape index (κ3) is 1.95. The zero-order chi connectivity index (χ0) is 12.5. The van der Waals surface area contributed by atoms with Crippen molar-refractivity contribution in [2.24, 2.45) is 0 Å². The maximum atomic E-state index is 6.21. The van der Waals surface area contributed by atoms with E-state index < -0.39 is 0 Å². The number of anilines is 1. The molecule has 4 nitrogen and oxygen atoms in total. The fourth-order valence-electron chi connectivity index (χ4n) is 1.97. The van der Waals surface area contributed by atoms with Crippen LogP contribution in [-0.4, -0.2) is 14.5 Å². The Morgan fingerprint density at radius 2 is 2.28 bits per heavy atom. The molecular weight excluding hydrogens is 268 g/mol. The highest BCUT2D eigenvalue weighted by Gasteiger charge is 2.11. The molecule has 6 heteroatoms. The first-order valence-corrected chi connectivity index (χ1v) is 6.85. The van der Waals surface area contributed by atoms with E-state index in [1.165, 1.54) is 0 Å². The summed E-state index contributed by atoms with van der Waals surface area (Å²) < 4.78 is 1.94. The van der Waals surface area contributed by atoms with Crippen molar-refractivity contribution in [1.82, 2.24) is 14.5 Å². The predicted octanol–water partition coefficient (Wildman–Crippen LogP) is 2.97. The number of thiazole rings is 1. The first-order valence-electron chi connectivity index (χ1n) is 5.53. The van der Waals surface area contributed by atoms with E-state index in [2.05, 4.69) is 9.97 Å². The van der Waals surface area contributed by atoms with E-state index >= 15 is 0 Å². The van der Waals surface area contributed by atoms with Crippen LogP contribution in [0.1, 0.15) is 5.69 Å². The van der Waals surface area contributed by atoms with Gasteiger partial charge in [0.15, 0.2) is 0 Å². The van der Waals surface area contributed by atoms with Crippen LogP contribution in [0.5, 0.6) is 0 Å². The number of imidazole rings is 1. The van der Waals surface area contributed by atoms with E-state index in [1.807, 2.05) is 33.7 Å². The van der Waals surface area contributed by atoms with E-state index in [0.717, 1.165) is 29.7 Å². The molecule has 3 rings (SSSR count). The van der Waals surface area contributed by atoms with Crippen molar-refractivity contribution >= 4 is 39.9 Å². The lowest BCUT2D eigenvalue weighted by atomic mass is 10.3. The molecule has 0 amide bonds. The van der Waals surface area contributed by atoms with Crippen molar-refractivity contribution in [3.63, 3.8) is 0 Å². The smallest absolute Gasteiger partial charge is 0.201 e. The summed E-state index contributed by atoms with van der Waals surface area (Å²) in [6.07, 6.45) is 0.824. The molecule has 0 unspecified atom stereocenters. The number of benzene rings is 1. The van der Waals surface area contributed by atoms with Crippen LogP contribution in [0.4, 0.5) is 5.95 Å². The summed E-state index contributed by atoms with van der Waals surface area (Å²) in [7, 11) is 0. The molecule has 0 aliphatic heterocycles. The van der Waals surface area contributed by atoms with E-state index in [1.54, 1.807) is 11.3 Å². The van der Waals surface area contributed by atoms with Gasteiger partial charge in [0.25, 0.3) is 0 Å². The van der Waals surface area contributed by atoms with Crippen molar-refractivity contribution in [2.45, 2.75) is 13.0 Å². The monoisotopic (exact) mass is 278 g/mol. The topological polar surface area (TPSA) is 56.7 Å². The first kappa shape index (κ1) is 11.5. The molecule has 0 aliphatic rings. The van der Waals surface area contributed by atoms with E-state index in [9.17, 15) is 0 Å². The van der Waals surface area contributed by atoms with Gasteiger partial charge in [-0.2, -0.15) is 0 Å². The lowest BCUT2D eigenvalue weighted by Crippen LogP contribution is -2.06. The zero-order valence-electron chi connectivity index (χ0n) is 9.51. The lowest BCUT2D eigenvalue weighted by molar-refractivity contribution is 0.716. The molecule has 0 saturated carbocycles. The molecule has 0 spiro atoms. The highest BCUT2D eigenvalue weighted by atomic mass is 35.5. The maximum absolute atomic E-state index is 6.21. The van der Waals surface area contributed by atoms with Crippen LogP contribution in [0, 0.1) is 0 Å². The number of aryl methyl sites for hydroxylation is 2. The van der Waals surface area contributed by atoms with Gasteiger partial charge >= 0.3 is 0 Å². The number of hydrogen-bond acceptors (Lipinski definition) is 4. The van der Waals surface area contributed by atoms with Gasteiger partial charge in [-0.1, -0.05) is 17.7 Å². The molecule has 0 radical (unpaired) electrons. The molecule has 3 aromatic rings. The molecule has 0 bridgehead atoms. The summed E-state index contributed by atoms with van der Waals surface area (Å²) >= 11 is 7.80. The fourth-order valence-corrected chi connectivity index (χ4v) is 2.84. The number of hydrogen-bond donors (Lipinski definition) is 1. The van der Waals surface area contributed by atoms with Crippen LogP contribution < -0.4 is 5.73 Å². The maximum Gasteiger partial charge on any atom is 0.201 e. The lowest BCUT2D eigenvalue weighted by Gasteiger charge is -2.06. The number of nitrogens with two attached hydrogens (primary N) is 1. The molecular formula is C12H11ClN4S. The van der Waals surface area contributed by atoms with Crippen molar-refractivity contribution in [1.29, 1.82) is 0 Å². The predicted molar refractivity (Wildman–Crippen MR) is 75.0 cm³/mol. The van der Waals surface area contributed by atoms with Gasteiger partial charge in [0.2, 0.25) is 5.95 Å². The molecule has 0 fully saturated rings. The first-order chi connectivity index (χ1) is 8.75. The highest BCUT2D eigenvalue weighted by molar-refractivity contribution is 7.07. The van der Waals surface area contributed by atoms with Gasteiger partial charge in [-0.15, -0.1) is 11.3 Å². The normalized spacial score (nSPS) is 11.2. The Labute approximate surface area is 113 Å². The van der Waals surface area contributed by atoms with E-state index in [4.69, 9.17) is 17.3 Å². The molecule has 2 N–H and O–H groups in total. The van der Waals surface area contributed by atoms with Crippen LogP contribution >= 0.6 is 22.9 Å². The van der Waals surface area contributed by atoms with Crippen molar-refractivity contribution < 1.29 is 0 Å². The standard InChI is InChI=1S/C12H11ClN4S/c13-9-2-1-3-10-11(9)17(12(14)16-10)5-4-8-6-18-7-15-8/h1-3,6-7H,4-5H2,(H2,14,16). The Hall–Kier alpha value is -1.59. The second kappa shape index (κ2) is 4.59. The van der Waals surface area contributed by atoms with Crippen LogP contribution in [0.3, 0.4) is 0 Å². The van der Waals surface area contributed by atoms with E-state index in [-0.39, 0.29) is 0 Å². The molecule has 2 aromatic heterocycles. The van der Waals surface area contributed by atoms with Gasteiger partial charge in [-0.3, -0.25) is 0 Å². The van der Waals surface area contributed by atoms with Crippen LogP contribution in [-0.2, 0) is 13.0 Å². The van der Waals surface area contributed by atoms with Crippen molar-refractivity contribution in [3.8, 4) is 0 Å². The number of nitrogen functional groups attached to an aromatic ring is 1. The van der Waals surface area contributed by atoms with Gasteiger partial charge < -0.3 is 10.3 Å². The molecule has 0 aliphatic carbocycles. The summed E-state index contributed by atoms with van der Waals surface area (Å²) in [4.78, 5) is 8.57. The van der Waals surface area contributed by atoms with Crippen LogP contribution in [0.2, 0.25) is 5.02 Å². The fraction of sp³-hybridized carbons (Fsp3) is 0.167. The van der Waals surface area contributed by atoms with E-state index in [0.29, 0.717) is 11.0 Å². The molecule has 2 heterocycles. The Morgan fingerprint density at radius 1 is 1.39 bits per heavy atom. The average molecular weight is 279 g/mol. The Kier molecular flexibility index (Phi) is 2.93. The summed E-state index contributed by atoms with van der Waals surface area (Å²) in [5.74, 6) is 0.494. The van der Waals surface area contributed by atoms with Crippen LogP contribution in [0.25, 0.3) is 11.0 Å². The molecule has 0 saturated heterocycles. The minimum Gasteiger partial charge on any atom is -0.369 e.